The fraction of sp³-hybridized carbons (Fsp3) is 0.261. The molecule has 0 fully saturated rings. The highest BCUT2D eigenvalue weighted by Crippen LogP contribution is 2.23. The zero-order valence-corrected chi connectivity index (χ0v) is 16.5. The van der Waals surface area contributed by atoms with Crippen LogP contribution >= 0.6 is 0 Å². The van der Waals surface area contributed by atoms with Crippen LogP contribution in [0.5, 0.6) is 0 Å². The van der Waals surface area contributed by atoms with Crippen molar-refractivity contribution in [2.45, 2.75) is 26.2 Å². The van der Waals surface area contributed by atoms with Crippen LogP contribution < -0.4 is 5.56 Å². The summed E-state index contributed by atoms with van der Waals surface area (Å²) in [6, 6.07) is 7.69. The number of amides is 1. The Bertz CT molecular complexity index is 1200. The Balaban J connectivity index is 1.42. The van der Waals surface area contributed by atoms with Gasteiger partial charge in [-0.15, -0.1) is 0 Å². The molecule has 30 heavy (non-hydrogen) atoms. The van der Waals surface area contributed by atoms with Crippen LogP contribution in [0.3, 0.4) is 0 Å². The summed E-state index contributed by atoms with van der Waals surface area (Å²) in [5.74, 6) is -1.08. The number of rotatable bonds is 4. The third kappa shape index (κ3) is 4.01. The van der Waals surface area contributed by atoms with Gasteiger partial charge in [-0.1, -0.05) is 12.1 Å². The van der Waals surface area contributed by atoms with Crippen LogP contribution in [-0.4, -0.2) is 33.9 Å². The van der Waals surface area contributed by atoms with Crippen molar-refractivity contribution in [3.05, 3.63) is 81.5 Å². The van der Waals surface area contributed by atoms with Gasteiger partial charge in [0.1, 0.15) is 5.82 Å². The van der Waals surface area contributed by atoms with Crippen molar-refractivity contribution in [1.82, 2.24) is 14.9 Å². The van der Waals surface area contributed by atoms with Crippen LogP contribution in [0.15, 0.2) is 47.4 Å². The molecule has 154 valence electrons. The second-order valence-corrected chi connectivity index (χ2v) is 7.47. The number of nitrogens with one attached hydrogen (secondary N) is 1. The lowest BCUT2D eigenvalue weighted by Crippen LogP contribution is -2.34. The van der Waals surface area contributed by atoms with E-state index in [-0.39, 0.29) is 17.7 Å². The number of carbonyl (C=O) groups is 1. The van der Waals surface area contributed by atoms with Gasteiger partial charge < -0.3 is 9.88 Å². The number of pyridine rings is 2. The molecule has 0 atom stereocenters. The number of carbonyl (C=O) groups excluding carboxylic acids is 1. The quantitative estimate of drug-likeness (QED) is 0.668. The molecule has 7 heteroatoms. The lowest BCUT2D eigenvalue weighted by molar-refractivity contribution is -0.130. The lowest BCUT2D eigenvalue weighted by atomic mass is 10.0. The highest BCUT2D eigenvalue weighted by atomic mass is 19.1. The fourth-order valence-electron chi connectivity index (χ4n) is 3.79. The van der Waals surface area contributed by atoms with Crippen molar-refractivity contribution < 1.29 is 13.6 Å². The van der Waals surface area contributed by atoms with Crippen LogP contribution in [0.25, 0.3) is 16.3 Å². The highest BCUT2D eigenvalue weighted by molar-refractivity contribution is 5.85. The molecule has 0 saturated heterocycles. The summed E-state index contributed by atoms with van der Waals surface area (Å²) in [4.78, 5) is 33.0. The zero-order chi connectivity index (χ0) is 21.3. The standard InChI is InChI=1S/C23H21F2N3O2/c1-14-2-5-19(24)22-18(14)12-17(27-23(22)30)4-7-21(29)28-10-8-15(9-11-28)16-3-6-20(25)26-13-16/h2-3,5-6,8,12-13H,4,7,9-11H2,1H3,(H,27,30). The van der Waals surface area contributed by atoms with Crippen molar-refractivity contribution in [3.63, 3.8) is 0 Å². The van der Waals surface area contributed by atoms with Gasteiger partial charge in [-0.3, -0.25) is 9.59 Å². The second kappa shape index (κ2) is 8.18. The summed E-state index contributed by atoms with van der Waals surface area (Å²) in [7, 11) is 0. The van der Waals surface area contributed by atoms with Gasteiger partial charge in [0.25, 0.3) is 5.56 Å². The Kier molecular flexibility index (Phi) is 5.44. The van der Waals surface area contributed by atoms with E-state index in [1.807, 2.05) is 13.0 Å². The third-order valence-corrected chi connectivity index (χ3v) is 5.50. The van der Waals surface area contributed by atoms with Gasteiger partial charge in [0, 0.05) is 31.4 Å². The normalized spacial score (nSPS) is 14.1. The number of H-pyrrole nitrogens is 1. The number of benzene rings is 1. The van der Waals surface area contributed by atoms with Gasteiger partial charge in [0.05, 0.1) is 5.39 Å². The monoisotopic (exact) mass is 409 g/mol. The summed E-state index contributed by atoms with van der Waals surface area (Å²) in [6.45, 7) is 2.87. The molecule has 2 aromatic heterocycles. The number of hydrogen-bond donors (Lipinski definition) is 1. The first-order valence-corrected chi connectivity index (χ1v) is 9.82. The van der Waals surface area contributed by atoms with Crippen LogP contribution in [0.2, 0.25) is 0 Å². The van der Waals surface area contributed by atoms with E-state index in [2.05, 4.69) is 9.97 Å². The molecule has 3 heterocycles. The topological polar surface area (TPSA) is 66.1 Å². The van der Waals surface area contributed by atoms with Crippen LogP contribution in [0, 0.1) is 18.7 Å². The summed E-state index contributed by atoms with van der Waals surface area (Å²) in [5.41, 5.74) is 2.85. The maximum Gasteiger partial charge on any atom is 0.259 e. The number of fused-ring (bicyclic) bond motifs is 1. The molecule has 3 aromatic rings. The number of aromatic amines is 1. The zero-order valence-electron chi connectivity index (χ0n) is 16.5. The van der Waals surface area contributed by atoms with E-state index in [0.29, 0.717) is 37.0 Å². The summed E-state index contributed by atoms with van der Waals surface area (Å²) in [6.07, 6.45) is 4.75. The molecule has 1 aliphatic heterocycles. The minimum atomic E-state index is -0.549. The van der Waals surface area contributed by atoms with Crippen molar-refractivity contribution >= 4 is 22.3 Å². The minimum absolute atomic E-state index is 0.0144. The minimum Gasteiger partial charge on any atom is -0.339 e. The van der Waals surface area contributed by atoms with Gasteiger partial charge in [-0.2, -0.15) is 4.39 Å². The van der Waals surface area contributed by atoms with Crippen LogP contribution in [-0.2, 0) is 11.2 Å². The van der Waals surface area contributed by atoms with Crippen LogP contribution in [0.4, 0.5) is 8.78 Å². The Morgan fingerprint density at radius 2 is 2.07 bits per heavy atom. The first-order chi connectivity index (χ1) is 14.4. The predicted molar refractivity (Wildman–Crippen MR) is 111 cm³/mol. The average molecular weight is 409 g/mol. The fourth-order valence-corrected chi connectivity index (χ4v) is 3.79. The van der Waals surface area contributed by atoms with E-state index in [1.54, 1.807) is 23.1 Å². The van der Waals surface area contributed by atoms with Crippen molar-refractivity contribution in [1.29, 1.82) is 0 Å². The lowest BCUT2D eigenvalue weighted by Gasteiger charge is -2.26. The van der Waals surface area contributed by atoms with Gasteiger partial charge in [0.2, 0.25) is 11.9 Å². The van der Waals surface area contributed by atoms with Crippen molar-refractivity contribution in [2.75, 3.05) is 13.1 Å². The molecule has 1 aromatic carbocycles. The number of hydrogen-bond acceptors (Lipinski definition) is 3. The highest BCUT2D eigenvalue weighted by Gasteiger charge is 2.18. The predicted octanol–water partition coefficient (Wildman–Crippen LogP) is 3.76. The molecule has 0 saturated carbocycles. The van der Waals surface area contributed by atoms with Gasteiger partial charge in [-0.05, 0) is 66.1 Å². The summed E-state index contributed by atoms with van der Waals surface area (Å²) in [5, 5.41) is 0.619. The van der Waals surface area contributed by atoms with Gasteiger partial charge in [0.15, 0.2) is 0 Å². The molecule has 0 spiro atoms. The number of nitrogens with zero attached hydrogens (tertiary/aromatic N) is 2. The molecule has 1 N–H and O–H groups in total. The molecule has 4 rings (SSSR count). The smallest absolute Gasteiger partial charge is 0.259 e. The molecule has 0 unspecified atom stereocenters. The van der Waals surface area contributed by atoms with Crippen molar-refractivity contribution in [3.8, 4) is 0 Å². The Morgan fingerprint density at radius 1 is 1.23 bits per heavy atom. The Hall–Kier alpha value is -3.35. The molecule has 1 amide bonds. The maximum atomic E-state index is 14.0. The first kappa shape index (κ1) is 19.9. The maximum absolute atomic E-state index is 14.0. The Labute approximate surface area is 172 Å². The molecule has 1 aliphatic rings. The van der Waals surface area contributed by atoms with Crippen LogP contribution in [0.1, 0.15) is 29.7 Å². The number of aromatic nitrogens is 2. The van der Waals surface area contributed by atoms with E-state index in [1.165, 1.54) is 18.3 Å². The number of halogens is 2. The van der Waals surface area contributed by atoms with E-state index in [0.717, 1.165) is 16.7 Å². The van der Waals surface area contributed by atoms with E-state index in [9.17, 15) is 18.4 Å². The second-order valence-electron chi connectivity index (χ2n) is 7.47. The van der Waals surface area contributed by atoms with Gasteiger partial charge >= 0.3 is 0 Å². The SMILES string of the molecule is Cc1ccc(F)c2c(=O)[nH]c(CCC(=O)N3CC=C(c4ccc(F)nc4)CC3)cc12. The van der Waals surface area contributed by atoms with E-state index < -0.39 is 17.3 Å². The molecular formula is C23H21F2N3O2. The van der Waals surface area contributed by atoms with E-state index in [4.69, 9.17) is 0 Å². The average Bonchev–Trinajstić information content (AvgIpc) is 2.75. The third-order valence-electron chi connectivity index (χ3n) is 5.50. The molecule has 0 aliphatic carbocycles. The molecule has 0 radical (unpaired) electrons. The summed E-state index contributed by atoms with van der Waals surface area (Å²) >= 11 is 0. The van der Waals surface area contributed by atoms with E-state index >= 15 is 0 Å². The molecular weight excluding hydrogens is 388 g/mol. The molecule has 5 nitrogen and oxygen atoms in total. The molecule has 0 bridgehead atoms. The van der Waals surface area contributed by atoms with Crippen molar-refractivity contribution in [2.24, 2.45) is 0 Å². The van der Waals surface area contributed by atoms with Gasteiger partial charge in [-0.25, -0.2) is 9.37 Å². The summed E-state index contributed by atoms with van der Waals surface area (Å²) < 4.78 is 27.0. The number of aryl methyl sites for hydroxylation is 2. The first-order valence-electron chi connectivity index (χ1n) is 9.82. The Morgan fingerprint density at radius 3 is 2.77 bits per heavy atom. The largest absolute Gasteiger partial charge is 0.339 e.